The van der Waals surface area contributed by atoms with Crippen molar-refractivity contribution in [2.75, 3.05) is 0 Å². The molecule has 1 heteroatoms. The maximum atomic E-state index is 2.29. The molecule has 0 aromatic carbocycles. The van der Waals surface area contributed by atoms with Crippen molar-refractivity contribution in [2.45, 2.75) is 12.8 Å². The first kappa shape index (κ1) is 7.33. The predicted molar refractivity (Wildman–Crippen MR) is 44.8 cm³/mol. The van der Waals surface area contributed by atoms with Crippen molar-refractivity contribution < 1.29 is 20.6 Å². The summed E-state index contributed by atoms with van der Waals surface area (Å²) >= 11 is 0.0833. The Hall–Kier alpha value is -0.326. The zero-order chi connectivity index (χ0) is 7.52. The molecule has 0 unspecified atom stereocenters. The average molecular weight is 179 g/mol. The summed E-state index contributed by atoms with van der Waals surface area (Å²) < 4.78 is 3.36. The van der Waals surface area contributed by atoms with Gasteiger partial charge in [-0.05, 0) is 0 Å². The Morgan fingerprint density at radius 3 is 1.91 bits per heavy atom. The fraction of sp³-hybridized carbons (Fsp3) is 0.200. The van der Waals surface area contributed by atoms with Crippen LogP contribution in [0.25, 0.3) is 0 Å². The van der Waals surface area contributed by atoms with Crippen LogP contribution < -0.4 is 0 Å². The van der Waals surface area contributed by atoms with Crippen LogP contribution in [0, 0.1) is 0 Å². The first-order chi connectivity index (χ1) is 5.45. The molecule has 2 rings (SSSR count). The molecule has 0 fully saturated rings. The Bertz CT molecular complexity index is 244. The summed E-state index contributed by atoms with van der Waals surface area (Å²) in [5, 5.41) is 0. The normalized spacial score (nSPS) is 20.4. The number of hydrogen-bond acceptors (Lipinski definition) is 0. The van der Waals surface area contributed by atoms with Gasteiger partial charge in [0.1, 0.15) is 0 Å². The van der Waals surface area contributed by atoms with Crippen molar-refractivity contribution in [1.82, 2.24) is 0 Å². The van der Waals surface area contributed by atoms with E-state index in [2.05, 4.69) is 36.5 Å². The van der Waals surface area contributed by atoms with Gasteiger partial charge >= 0.3 is 76.2 Å². The van der Waals surface area contributed by atoms with E-state index >= 15 is 0 Å². The van der Waals surface area contributed by atoms with Gasteiger partial charge in [0.25, 0.3) is 0 Å². The van der Waals surface area contributed by atoms with Crippen LogP contribution in [0.4, 0.5) is 0 Å². The Labute approximate surface area is 77.8 Å². The van der Waals surface area contributed by atoms with Crippen LogP contribution in [0.3, 0.4) is 0 Å². The van der Waals surface area contributed by atoms with Gasteiger partial charge in [-0.15, -0.1) is 0 Å². The van der Waals surface area contributed by atoms with E-state index in [-0.39, 0.29) is 20.6 Å². The van der Waals surface area contributed by atoms with Gasteiger partial charge in [-0.25, -0.2) is 0 Å². The first-order valence-electron chi connectivity index (χ1n) is 3.93. The van der Waals surface area contributed by atoms with Crippen molar-refractivity contribution >= 4 is 0 Å². The molecule has 0 bridgehead atoms. The van der Waals surface area contributed by atoms with Gasteiger partial charge < -0.3 is 1.43 Å². The molecule has 0 heterocycles. The van der Waals surface area contributed by atoms with Gasteiger partial charge in [0.2, 0.25) is 0 Å². The Morgan fingerprint density at radius 1 is 1.00 bits per heavy atom. The monoisotopic (exact) mass is 179 g/mol. The Morgan fingerprint density at radius 2 is 1.55 bits per heavy atom. The number of rotatable bonds is 2. The van der Waals surface area contributed by atoms with Crippen LogP contribution in [0.1, 0.15) is 14.3 Å². The molecule has 0 spiro atoms. The summed E-state index contributed by atoms with van der Waals surface area (Å²) in [5.41, 5.74) is 0. The molecule has 0 N–H and O–H groups in total. The second-order valence-electron chi connectivity index (χ2n) is 2.77. The third-order valence-electron chi connectivity index (χ3n) is 1.86. The molecule has 0 nitrogen and oxygen atoms in total. The van der Waals surface area contributed by atoms with Crippen molar-refractivity contribution in [1.29, 1.82) is 0 Å². The summed E-state index contributed by atoms with van der Waals surface area (Å²) in [6, 6.07) is 0. The Balaban J connectivity index is 0.000000720. The van der Waals surface area contributed by atoms with E-state index in [1.54, 1.807) is 7.76 Å². The standard InChI is InChI=1S/2C5H5.Ti.H/c2*1-2-4-5-3-1;;/h2*1-3H,4H2;;/q;;;-1. The quantitative estimate of drug-likeness (QED) is 0.571. The topological polar surface area (TPSA) is 0 Å². The van der Waals surface area contributed by atoms with Crippen LogP contribution in [-0.4, -0.2) is 0 Å². The SMILES string of the molecule is C1=CC[C]([Ti][C]2=CC=CC2)=C1.[H-]. The molecule has 0 aromatic heterocycles. The van der Waals surface area contributed by atoms with Gasteiger partial charge in [0, 0.05) is 0 Å². The van der Waals surface area contributed by atoms with E-state index in [9.17, 15) is 0 Å². The minimum atomic E-state index is 0. The van der Waals surface area contributed by atoms with Crippen molar-refractivity contribution in [3.8, 4) is 0 Å². The summed E-state index contributed by atoms with van der Waals surface area (Å²) in [6.45, 7) is 0. The van der Waals surface area contributed by atoms with Crippen LogP contribution >= 0.6 is 0 Å². The minimum Gasteiger partial charge on any atom is -1.00 e. The van der Waals surface area contributed by atoms with Crippen LogP contribution in [0.2, 0.25) is 0 Å². The smallest absolute Gasteiger partial charge is 1.00 e. The van der Waals surface area contributed by atoms with Gasteiger partial charge in [-0.2, -0.15) is 0 Å². The van der Waals surface area contributed by atoms with Crippen molar-refractivity contribution in [3.63, 3.8) is 0 Å². The van der Waals surface area contributed by atoms with E-state index in [0.717, 1.165) is 0 Å². The molecule has 0 amide bonds. The van der Waals surface area contributed by atoms with Crippen LogP contribution in [-0.2, 0) is 19.2 Å². The molecule has 0 radical (unpaired) electrons. The molecule has 0 aromatic rings. The van der Waals surface area contributed by atoms with Crippen LogP contribution in [0.5, 0.6) is 0 Å². The zero-order valence-electron chi connectivity index (χ0n) is 7.38. The predicted octanol–water partition coefficient (Wildman–Crippen LogP) is 2.87. The second-order valence-corrected chi connectivity index (χ2v) is 5.17. The summed E-state index contributed by atoms with van der Waals surface area (Å²) in [6.07, 6.45) is 15.9. The maximum Gasteiger partial charge on any atom is -1.00 e. The fourth-order valence-corrected chi connectivity index (χ4v) is 3.18. The van der Waals surface area contributed by atoms with E-state index in [0.29, 0.717) is 0 Å². The average Bonchev–Trinajstić information content (AvgIpc) is 2.60. The molecule has 2 aliphatic carbocycles. The van der Waals surface area contributed by atoms with Crippen LogP contribution in [0.15, 0.2) is 44.2 Å². The van der Waals surface area contributed by atoms with Gasteiger partial charge in [-0.3, -0.25) is 0 Å². The molecular formula is C10H11Ti-. The zero-order valence-corrected chi connectivity index (χ0v) is 7.94. The van der Waals surface area contributed by atoms with Gasteiger partial charge in [-0.1, -0.05) is 0 Å². The molecule has 56 valence electrons. The second kappa shape index (κ2) is 3.38. The van der Waals surface area contributed by atoms with E-state index in [4.69, 9.17) is 0 Å². The van der Waals surface area contributed by atoms with E-state index < -0.39 is 0 Å². The van der Waals surface area contributed by atoms with E-state index in [1.165, 1.54) is 12.8 Å². The fourth-order valence-electron chi connectivity index (χ4n) is 1.29. The molecule has 0 aliphatic heterocycles. The Kier molecular flexibility index (Phi) is 2.25. The summed E-state index contributed by atoms with van der Waals surface area (Å²) in [4.78, 5) is 0. The molecular weight excluding hydrogens is 168 g/mol. The molecule has 11 heavy (non-hydrogen) atoms. The van der Waals surface area contributed by atoms with Crippen molar-refractivity contribution in [2.24, 2.45) is 0 Å². The summed E-state index contributed by atoms with van der Waals surface area (Å²) in [5.74, 6) is 0. The van der Waals surface area contributed by atoms with Gasteiger partial charge in [0.15, 0.2) is 0 Å². The largest absolute Gasteiger partial charge is 1.00 e. The van der Waals surface area contributed by atoms with Crippen molar-refractivity contribution in [3.05, 3.63) is 44.2 Å². The number of hydrogen-bond donors (Lipinski definition) is 0. The third-order valence-corrected chi connectivity index (χ3v) is 4.02. The van der Waals surface area contributed by atoms with E-state index in [1.807, 2.05) is 0 Å². The molecule has 0 saturated carbocycles. The first-order valence-corrected chi connectivity index (χ1v) is 5.50. The summed E-state index contributed by atoms with van der Waals surface area (Å²) in [7, 11) is 0. The third kappa shape index (κ3) is 1.82. The number of allylic oxidation sites excluding steroid dienone is 8. The maximum absolute atomic E-state index is 2.29. The molecule has 0 atom stereocenters. The molecule has 2 aliphatic rings. The minimum absolute atomic E-state index is 0. The van der Waals surface area contributed by atoms with Gasteiger partial charge in [0.05, 0.1) is 0 Å². The molecule has 0 saturated heterocycles.